The summed E-state index contributed by atoms with van der Waals surface area (Å²) in [6.07, 6.45) is 0. The Morgan fingerprint density at radius 3 is 2.08 bits per heavy atom. The van der Waals surface area contributed by atoms with Crippen molar-refractivity contribution in [2.45, 2.75) is 0 Å². The van der Waals surface area contributed by atoms with Crippen LogP contribution in [0.4, 0.5) is 0 Å². The van der Waals surface area contributed by atoms with E-state index in [1.54, 1.807) is 0 Å². The van der Waals surface area contributed by atoms with E-state index in [9.17, 15) is 0 Å². The zero-order valence-electron chi connectivity index (χ0n) is 21.8. The van der Waals surface area contributed by atoms with Gasteiger partial charge < -0.3 is 13.4 Å². The molecule has 0 aliphatic rings. The van der Waals surface area contributed by atoms with Crippen molar-refractivity contribution in [2.75, 3.05) is 0 Å². The maximum atomic E-state index is 6.19. The Balaban J connectivity index is 1.47. The highest BCUT2D eigenvalue weighted by Gasteiger charge is 2.24. The van der Waals surface area contributed by atoms with Crippen LogP contribution in [0.25, 0.3) is 93.0 Å². The Bertz CT molecular complexity index is 2660. The highest BCUT2D eigenvalue weighted by atomic mass is 16.3. The Hall–Kier alpha value is -5.28. The molecule has 0 atom stereocenters. The second-order valence-electron chi connectivity index (χ2n) is 11.0. The van der Waals surface area contributed by atoms with Gasteiger partial charge in [-0.15, -0.1) is 0 Å². The van der Waals surface area contributed by atoms with Crippen LogP contribution in [0.1, 0.15) is 0 Å². The van der Waals surface area contributed by atoms with Crippen LogP contribution < -0.4 is 0 Å². The van der Waals surface area contributed by atoms with E-state index in [0.29, 0.717) is 0 Å². The molecule has 0 N–H and O–H groups in total. The van der Waals surface area contributed by atoms with Gasteiger partial charge in [-0.05, 0) is 42.0 Å². The molecule has 0 aliphatic heterocycles. The fourth-order valence-corrected chi connectivity index (χ4v) is 7.40. The summed E-state index contributed by atoms with van der Waals surface area (Å²) in [6.45, 7) is 0. The third-order valence-electron chi connectivity index (χ3n) is 9.04. The van der Waals surface area contributed by atoms with Crippen molar-refractivity contribution in [2.24, 2.45) is 7.05 Å². The van der Waals surface area contributed by atoms with Gasteiger partial charge in [-0.2, -0.15) is 0 Å². The van der Waals surface area contributed by atoms with Crippen LogP contribution in [0.15, 0.2) is 120 Å². The van der Waals surface area contributed by atoms with E-state index in [2.05, 4.69) is 119 Å². The number of nitrogens with zero attached hydrogens (tertiary/aromatic N) is 2. The lowest BCUT2D eigenvalue weighted by atomic mass is 9.96. The molecule has 3 heteroatoms. The number of rotatable bonds is 1. The van der Waals surface area contributed by atoms with Crippen molar-refractivity contribution in [3.05, 3.63) is 115 Å². The van der Waals surface area contributed by atoms with Crippen molar-refractivity contribution in [1.82, 2.24) is 8.97 Å². The first-order valence-corrected chi connectivity index (χ1v) is 13.8. The lowest BCUT2D eigenvalue weighted by Gasteiger charge is -2.10. The second-order valence-corrected chi connectivity index (χ2v) is 11.0. The molecule has 10 rings (SSSR count). The van der Waals surface area contributed by atoms with Crippen molar-refractivity contribution in [3.8, 4) is 11.1 Å². The van der Waals surface area contributed by atoms with Gasteiger partial charge in [0.05, 0.1) is 22.1 Å². The SMILES string of the molecule is Cn1c2ccccc2c2c3c4cccc5c6ccccc6n(c3cc(-c3ccc6oc7ccccc7c6c3)c21)c54. The lowest BCUT2D eigenvalue weighted by molar-refractivity contribution is 0.669. The van der Waals surface area contributed by atoms with Crippen molar-refractivity contribution >= 4 is 81.8 Å². The monoisotopic (exact) mass is 510 g/mol. The molecule has 4 heterocycles. The van der Waals surface area contributed by atoms with Crippen LogP contribution >= 0.6 is 0 Å². The number of para-hydroxylation sites is 4. The number of fused-ring (bicyclic) bond motifs is 13. The van der Waals surface area contributed by atoms with Gasteiger partial charge in [0.1, 0.15) is 11.2 Å². The van der Waals surface area contributed by atoms with E-state index in [1.165, 1.54) is 71.0 Å². The third-order valence-corrected chi connectivity index (χ3v) is 9.04. The molecule has 0 saturated carbocycles. The van der Waals surface area contributed by atoms with E-state index in [4.69, 9.17) is 4.42 Å². The minimum absolute atomic E-state index is 0.921. The molecule has 10 aromatic rings. The van der Waals surface area contributed by atoms with Gasteiger partial charge in [0.25, 0.3) is 0 Å². The molecule has 3 nitrogen and oxygen atoms in total. The van der Waals surface area contributed by atoms with Crippen LogP contribution in [-0.4, -0.2) is 8.97 Å². The van der Waals surface area contributed by atoms with Gasteiger partial charge in [-0.25, -0.2) is 0 Å². The van der Waals surface area contributed by atoms with E-state index < -0.39 is 0 Å². The molecular weight excluding hydrogens is 488 g/mol. The molecule has 186 valence electrons. The quantitative estimate of drug-likeness (QED) is 0.215. The van der Waals surface area contributed by atoms with Crippen LogP contribution in [0, 0.1) is 0 Å². The van der Waals surface area contributed by atoms with E-state index in [-0.39, 0.29) is 0 Å². The summed E-state index contributed by atoms with van der Waals surface area (Å²) in [6, 6.07) is 41.8. The fourth-order valence-electron chi connectivity index (χ4n) is 7.40. The molecule has 0 fully saturated rings. The van der Waals surface area contributed by atoms with Gasteiger partial charge in [0.2, 0.25) is 0 Å². The normalized spacial score (nSPS) is 12.6. The molecule has 0 amide bonds. The number of aryl methyl sites for hydroxylation is 1. The first kappa shape index (κ1) is 20.7. The largest absolute Gasteiger partial charge is 0.456 e. The fraction of sp³-hybridized carbons (Fsp3) is 0.0270. The topological polar surface area (TPSA) is 22.5 Å². The van der Waals surface area contributed by atoms with E-state index >= 15 is 0 Å². The molecule has 40 heavy (non-hydrogen) atoms. The standard InChI is InChI=1S/C37H22N2O/c1-38-29-14-5-3-11-25(29)35-34-26-13-8-12-24-22-9-2-6-15-30(22)39(36(24)26)31(34)20-27(37(35)38)21-17-18-33-28(19-21)23-10-4-7-16-32(23)40-33/h2-20H,1H3. The Morgan fingerprint density at radius 1 is 0.475 bits per heavy atom. The summed E-state index contributed by atoms with van der Waals surface area (Å²) < 4.78 is 11.1. The lowest BCUT2D eigenvalue weighted by Crippen LogP contribution is -1.91. The van der Waals surface area contributed by atoms with Crippen molar-refractivity contribution in [1.29, 1.82) is 0 Å². The average molecular weight is 511 g/mol. The molecule has 4 aromatic heterocycles. The minimum atomic E-state index is 0.921. The van der Waals surface area contributed by atoms with Gasteiger partial charge in [-0.3, -0.25) is 0 Å². The molecule has 0 aliphatic carbocycles. The summed E-state index contributed by atoms with van der Waals surface area (Å²) in [5.74, 6) is 0. The molecule has 6 aromatic carbocycles. The molecule has 0 saturated heterocycles. The van der Waals surface area contributed by atoms with E-state index in [0.717, 1.165) is 21.9 Å². The highest BCUT2D eigenvalue weighted by Crippen LogP contribution is 2.47. The first-order chi connectivity index (χ1) is 19.8. The highest BCUT2D eigenvalue weighted by molar-refractivity contribution is 6.34. The molecule has 0 radical (unpaired) electrons. The Kier molecular flexibility index (Phi) is 3.62. The zero-order chi connectivity index (χ0) is 26.1. The predicted molar refractivity (Wildman–Crippen MR) is 168 cm³/mol. The Labute approximate surface area is 228 Å². The van der Waals surface area contributed by atoms with Crippen LogP contribution in [-0.2, 0) is 7.05 Å². The smallest absolute Gasteiger partial charge is 0.135 e. The zero-order valence-corrected chi connectivity index (χ0v) is 21.8. The number of furan rings is 1. The molecule has 0 unspecified atom stereocenters. The number of hydrogen-bond acceptors (Lipinski definition) is 1. The molecule has 0 spiro atoms. The average Bonchev–Trinajstić information content (AvgIpc) is 3.73. The van der Waals surface area contributed by atoms with Gasteiger partial charge in [-0.1, -0.05) is 78.9 Å². The van der Waals surface area contributed by atoms with E-state index in [1.807, 2.05) is 12.1 Å². The Morgan fingerprint density at radius 2 is 1.18 bits per heavy atom. The molecular formula is C37H22N2O. The predicted octanol–water partition coefficient (Wildman–Crippen LogP) is 10.0. The first-order valence-electron chi connectivity index (χ1n) is 13.8. The number of benzene rings is 6. The van der Waals surface area contributed by atoms with Crippen molar-refractivity contribution < 1.29 is 4.42 Å². The van der Waals surface area contributed by atoms with Crippen LogP contribution in [0.3, 0.4) is 0 Å². The van der Waals surface area contributed by atoms with Gasteiger partial charge in [0.15, 0.2) is 0 Å². The summed E-state index contributed by atoms with van der Waals surface area (Å²) >= 11 is 0. The third kappa shape index (κ3) is 2.34. The summed E-state index contributed by atoms with van der Waals surface area (Å²) in [7, 11) is 2.21. The van der Waals surface area contributed by atoms with Crippen LogP contribution in [0.2, 0.25) is 0 Å². The maximum Gasteiger partial charge on any atom is 0.135 e. The second kappa shape index (κ2) is 7.02. The summed E-state index contributed by atoms with van der Waals surface area (Å²) in [5, 5.41) is 10.2. The van der Waals surface area contributed by atoms with Gasteiger partial charge in [0, 0.05) is 61.2 Å². The summed E-state index contributed by atoms with van der Waals surface area (Å²) in [4.78, 5) is 0. The number of aromatic nitrogens is 2. The number of hydrogen-bond donors (Lipinski definition) is 0. The van der Waals surface area contributed by atoms with Gasteiger partial charge >= 0.3 is 0 Å². The van der Waals surface area contributed by atoms with Crippen molar-refractivity contribution in [3.63, 3.8) is 0 Å². The molecule has 0 bridgehead atoms. The maximum absolute atomic E-state index is 6.19. The summed E-state index contributed by atoms with van der Waals surface area (Å²) in [5.41, 5.74) is 10.6. The minimum Gasteiger partial charge on any atom is -0.456 e. The van der Waals surface area contributed by atoms with Crippen LogP contribution in [0.5, 0.6) is 0 Å².